The highest BCUT2D eigenvalue weighted by Crippen LogP contribution is 2.17. The molecule has 1 saturated heterocycles. The lowest BCUT2D eigenvalue weighted by Gasteiger charge is -2.43. The van der Waals surface area contributed by atoms with Gasteiger partial charge in [0.1, 0.15) is 0 Å². The minimum atomic E-state index is -0.115. The molecule has 19 heavy (non-hydrogen) atoms. The van der Waals surface area contributed by atoms with Crippen LogP contribution in [0.4, 0.5) is 0 Å². The first-order valence-electron chi connectivity index (χ1n) is 6.65. The Morgan fingerprint density at radius 3 is 2.79 bits per heavy atom. The number of carbonyl (C=O) groups excluding carboxylic acids is 1. The van der Waals surface area contributed by atoms with E-state index in [1.165, 1.54) is 0 Å². The van der Waals surface area contributed by atoms with Crippen LogP contribution in [0.5, 0.6) is 0 Å². The number of rotatable bonds is 4. The van der Waals surface area contributed by atoms with Gasteiger partial charge in [-0.2, -0.15) is 0 Å². The Bertz CT molecular complexity index is 432. The first-order chi connectivity index (χ1) is 9.03. The summed E-state index contributed by atoms with van der Waals surface area (Å²) in [6.07, 6.45) is 3.55. The van der Waals surface area contributed by atoms with Crippen molar-refractivity contribution in [2.45, 2.75) is 25.9 Å². The summed E-state index contributed by atoms with van der Waals surface area (Å²) in [4.78, 5) is 20.3. The Labute approximate surface area is 114 Å². The smallest absolute Gasteiger partial charge is 0.237 e. The fraction of sp³-hybridized carbons (Fsp3) is 0.571. The number of pyridine rings is 1. The van der Waals surface area contributed by atoms with Gasteiger partial charge >= 0.3 is 0 Å². The highest BCUT2D eigenvalue weighted by molar-refractivity contribution is 5.79. The fourth-order valence-corrected chi connectivity index (χ4v) is 2.23. The van der Waals surface area contributed by atoms with Crippen LogP contribution in [0.2, 0.25) is 0 Å². The molecular weight excluding hydrogens is 240 g/mol. The second-order valence-electron chi connectivity index (χ2n) is 5.61. The van der Waals surface area contributed by atoms with Gasteiger partial charge in [0.2, 0.25) is 5.91 Å². The number of carbonyl (C=O) groups is 1. The van der Waals surface area contributed by atoms with Crippen LogP contribution in [-0.2, 0) is 11.3 Å². The van der Waals surface area contributed by atoms with Crippen LogP contribution < -0.4 is 5.73 Å². The molecule has 0 saturated carbocycles. The minimum Gasteiger partial charge on any atom is -0.336 e. The molecule has 1 aromatic heterocycles. The van der Waals surface area contributed by atoms with Gasteiger partial charge in [-0.1, -0.05) is 6.07 Å². The fourth-order valence-electron chi connectivity index (χ4n) is 2.23. The van der Waals surface area contributed by atoms with E-state index >= 15 is 0 Å². The van der Waals surface area contributed by atoms with Crippen molar-refractivity contribution < 1.29 is 4.79 Å². The van der Waals surface area contributed by atoms with E-state index in [4.69, 9.17) is 5.73 Å². The van der Waals surface area contributed by atoms with Crippen LogP contribution in [0.3, 0.4) is 0 Å². The zero-order valence-corrected chi connectivity index (χ0v) is 11.7. The monoisotopic (exact) mass is 262 g/mol. The van der Waals surface area contributed by atoms with Gasteiger partial charge in [-0.05, 0) is 25.5 Å². The van der Waals surface area contributed by atoms with Crippen LogP contribution in [0, 0.1) is 0 Å². The van der Waals surface area contributed by atoms with Gasteiger partial charge in [-0.3, -0.25) is 14.7 Å². The summed E-state index contributed by atoms with van der Waals surface area (Å²) in [5.74, 6) is 0.164. The SMILES string of the molecule is CC(C)(CN)N1CCN(Cc2cccnc2)C(=O)C1. The van der Waals surface area contributed by atoms with E-state index in [1.807, 2.05) is 23.2 Å². The van der Waals surface area contributed by atoms with E-state index in [1.54, 1.807) is 6.20 Å². The Balaban J connectivity index is 1.96. The van der Waals surface area contributed by atoms with Crippen LogP contribution in [0.1, 0.15) is 19.4 Å². The van der Waals surface area contributed by atoms with E-state index < -0.39 is 0 Å². The summed E-state index contributed by atoms with van der Waals surface area (Å²) in [5, 5.41) is 0. The molecular formula is C14H22N4O. The maximum atomic E-state index is 12.2. The van der Waals surface area contributed by atoms with Crippen molar-refractivity contribution in [3.8, 4) is 0 Å². The minimum absolute atomic E-state index is 0.115. The Morgan fingerprint density at radius 2 is 2.21 bits per heavy atom. The van der Waals surface area contributed by atoms with Gasteiger partial charge in [-0.15, -0.1) is 0 Å². The highest BCUT2D eigenvalue weighted by atomic mass is 16.2. The Morgan fingerprint density at radius 1 is 1.42 bits per heavy atom. The molecule has 2 heterocycles. The molecule has 0 atom stereocenters. The van der Waals surface area contributed by atoms with Crippen molar-refractivity contribution in [2.24, 2.45) is 5.73 Å². The van der Waals surface area contributed by atoms with E-state index in [0.717, 1.165) is 18.7 Å². The van der Waals surface area contributed by atoms with Crippen molar-refractivity contribution in [3.05, 3.63) is 30.1 Å². The summed E-state index contributed by atoms with van der Waals surface area (Å²) in [6.45, 7) is 7.43. The summed E-state index contributed by atoms with van der Waals surface area (Å²) < 4.78 is 0. The number of nitrogens with zero attached hydrogens (tertiary/aromatic N) is 3. The number of nitrogens with two attached hydrogens (primary N) is 1. The third kappa shape index (κ3) is 3.30. The van der Waals surface area contributed by atoms with Gasteiger partial charge in [0.25, 0.3) is 0 Å². The lowest BCUT2D eigenvalue weighted by molar-refractivity contribution is -0.139. The number of hydrogen-bond donors (Lipinski definition) is 1. The molecule has 1 aliphatic heterocycles. The standard InChI is InChI=1S/C14H22N4O/c1-14(2,11-15)18-7-6-17(13(19)10-18)9-12-4-3-5-16-8-12/h3-5,8H,6-7,9-11,15H2,1-2H3. The molecule has 104 valence electrons. The van der Waals surface area contributed by atoms with Gasteiger partial charge in [0, 0.05) is 44.1 Å². The third-order valence-electron chi connectivity index (χ3n) is 3.77. The number of aromatic nitrogens is 1. The molecule has 0 aromatic carbocycles. The first kappa shape index (κ1) is 14.0. The number of amides is 1. The Kier molecular flexibility index (Phi) is 4.17. The molecule has 0 bridgehead atoms. The van der Waals surface area contributed by atoms with Crippen molar-refractivity contribution in [2.75, 3.05) is 26.2 Å². The highest BCUT2D eigenvalue weighted by Gasteiger charge is 2.32. The van der Waals surface area contributed by atoms with Crippen molar-refractivity contribution in [3.63, 3.8) is 0 Å². The van der Waals surface area contributed by atoms with Gasteiger partial charge in [-0.25, -0.2) is 0 Å². The molecule has 1 amide bonds. The van der Waals surface area contributed by atoms with E-state index in [2.05, 4.69) is 23.7 Å². The summed E-state index contributed by atoms with van der Waals surface area (Å²) in [7, 11) is 0. The van der Waals surface area contributed by atoms with Gasteiger partial charge in [0.05, 0.1) is 6.54 Å². The van der Waals surface area contributed by atoms with Crippen LogP contribution in [-0.4, -0.2) is 52.4 Å². The molecule has 2 rings (SSSR count). The maximum Gasteiger partial charge on any atom is 0.237 e. The average Bonchev–Trinajstić information content (AvgIpc) is 2.42. The molecule has 2 N–H and O–H groups in total. The van der Waals surface area contributed by atoms with Gasteiger partial charge in [0.15, 0.2) is 0 Å². The maximum absolute atomic E-state index is 12.2. The number of hydrogen-bond acceptors (Lipinski definition) is 4. The summed E-state index contributed by atoms with van der Waals surface area (Å²) in [5.41, 5.74) is 6.72. The molecule has 0 radical (unpaired) electrons. The molecule has 1 aliphatic rings. The molecule has 0 unspecified atom stereocenters. The lowest BCUT2D eigenvalue weighted by atomic mass is 10.0. The van der Waals surface area contributed by atoms with Crippen LogP contribution >= 0.6 is 0 Å². The number of piperazine rings is 1. The summed E-state index contributed by atoms with van der Waals surface area (Å²) >= 11 is 0. The zero-order valence-electron chi connectivity index (χ0n) is 11.7. The van der Waals surface area contributed by atoms with E-state index in [-0.39, 0.29) is 11.4 Å². The molecule has 5 nitrogen and oxygen atoms in total. The quantitative estimate of drug-likeness (QED) is 0.856. The molecule has 1 fully saturated rings. The van der Waals surface area contributed by atoms with Crippen molar-refractivity contribution in [1.29, 1.82) is 0 Å². The zero-order chi connectivity index (χ0) is 13.9. The first-order valence-corrected chi connectivity index (χ1v) is 6.65. The normalized spacial score (nSPS) is 17.8. The molecule has 0 aliphatic carbocycles. The topological polar surface area (TPSA) is 62.5 Å². The van der Waals surface area contributed by atoms with Crippen molar-refractivity contribution in [1.82, 2.24) is 14.8 Å². The van der Waals surface area contributed by atoms with Crippen LogP contribution in [0.25, 0.3) is 0 Å². The second kappa shape index (κ2) is 5.67. The van der Waals surface area contributed by atoms with Crippen molar-refractivity contribution >= 4 is 5.91 Å². The molecule has 5 heteroatoms. The van der Waals surface area contributed by atoms with Gasteiger partial charge < -0.3 is 10.6 Å². The lowest BCUT2D eigenvalue weighted by Crippen LogP contribution is -2.59. The second-order valence-corrected chi connectivity index (χ2v) is 5.61. The third-order valence-corrected chi connectivity index (χ3v) is 3.77. The Hall–Kier alpha value is -1.46. The predicted molar refractivity (Wildman–Crippen MR) is 74.4 cm³/mol. The van der Waals surface area contributed by atoms with E-state index in [9.17, 15) is 4.79 Å². The summed E-state index contributed by atoms with van der Waals surface area (Å²) in [6, 6.07) is 3.89. The molecule has 0 spiro atoms. The van der Waals surface area contributed by atoms with E-state index in [0.29, 0.717) is 19.6 Å². The largest absolute Gasteiger partial charge is 0.336 e. The predicted octanol–water partition coefficient (Wildman–Crippen LogP) is 0.463. The van der Waals surface area contributed by atoms with Crippen LogP contribution in [0.15, 0.2) is 24.5 Å². The molecule has 1 aromatic rings. The average molecular weight is 262 g/mol.